The highest BCUT2D eigenvalue weighted by molar-refractivity contribution is 5.89. The van der Waals surface area contributed by atoms with Crippen molar-refractivity contribution in [1.82, 2.24) is 15.3 Å². The van der Waals surface area contributed by atoms with Gasteiger partial charge in [0.05, 0.1) is 29.6 Å². The first-order valence-electron chi connectivity index (χ1n) is 10.9. The van der Waals surface area contributed by atoms with Crippen LogP contribution in [0.15, 0.2) is 24.3 Å². The smallest absolute Gasteiger partial charge is 0.310 e. The van der Waals surface area contributed by atoms with Crippen LogP contribution in [0, 0.1) is 17.2 Å². The molecule has 164 valence electrons. The standard InChI is InChI=1S/C23H29N5O3/c1-3-5-12-25-22(29)17(14-24)20-21(27-19-11-7-6-10-18(19)26-20)28-13-8-9-16(15-28)23(30)31-4-2/h6-7,10-11,16-17H,3-5,8-9,12-13,15H2,1-2H3,(H,25,29)/t16-,17+/m0/s1. The first-order valence-corrected chi connectivity index (χ1v) is 10.9. The second kappa shape index (κ2) is 10.7. The van der Waals surface area contributed by atoms with E-state index in [4.69, 9.17) is 9.72 Å². The van der Waals surface area contributed by atoms with E-state index in [-0.39, 0.29) is 17.8 Å². The van der Waals surface area contributed by atoms with Gasteiger partial charge in [-0.2, -0.15) is 5.26 Å². The molecule has 0 bridgehead atoms. The van der Waals surface area contributed by atoms with Crippen LogP contribution >= 0.6 is 0 Å². The van der Waals surface area contributed by atoms with Crippen molar-refractivity contribution in [3.05, 3.63) is 30.0 Å². The van der Waals surface area contributed by atoms with E-state index in [1.807, 2.05) is 36.1 Å². The predicted octanol–water partition coefficient (Wildman–Crippen LogP) is 2.93. The van der Waals surface area contributed by atoms with Crippen LogP contribution in [0.1, 0.15) is 51.1 Å². The van der Waals surface area contributed by atoms with Gasteiger partial charge in [-0.3, -0.25) is 9.59 Å². The van der Waals surface area contributed by atoms with Gasteiger partial charge in [0.15, 0.2) is 11.7 Å². The summed E-state index contributed by atoms with van der Waals surface area (Å²) >= 11 is 0. The molecule has 1 aromatic carbocycles. The maximum Gasteiger partial charge on any atom is 0.310 e. The number of rotatable bonds is 8. The molecule has 0 aliphatic carbocycles. The Bertz CT molecular complexity index is 971. The monoisotopic (exact) mass is 423 g/mol. The van der Waals surface area contributed by atoms with E-state index in [9.17, 15) is 14.9 Å². The summed E-state index contributed by atoms with van der Waals surface area (Å²) in [5, 5.41) is 12.7. The molecule has 0 radical (unpaired) electrons. The van der Waals surface area contributed by atoms with Crippen LogP contribution < -0.4 is 10.2 Å². The zero-order chi connectivity index (χ0) is 22.2. The fraction of sp³-hybridized carbons (Fsp3) is 0.522. The van der Waals surface area contributed by atoms with Crippen molar-refractivity contribution in [2.75, 3.05) is 31.1 Å². The molecule has 0 unspecified atom stereocenters. The van der Waals surface area contributed by atoms with Gasteiger partial charge in [0, 0.05) is 19.6 Å². The average molecular weight is 424 g/mol. The number of fused-ring (bicyclic) bond motifs is 1. The van der Waals surface area contributed by atoms with E-state index in [1.165, 1.54) is 0 Å². The third-order valence-electron chi connectivity index (χ3n) is 5.41. The number of hydrogen-bond acceptors (Lipinski definition) is 7. The number of carbonyl (C=O) groups excluding carboxylic acids is 2. The van der Waals surface area contributed by atoms with E-state index >= 15 is 0 Å². The minimum Gasteiger partial charge on any atom is -0.466 e. The highest BCUT2D eigenvalue weighted by Crippen LogP contribution is 2.30. The SMILES string of the molecule is CCCCNC(=O)[C@H](C#N)c1nc2ccccc2nc1N1CCC[C@H](C(=O)OCC)C1. The molecule has 2 aromatic rings. The van der Waals surface area contributed by atoms with E-state index in [0.717, 1.165) is 25.7 Å². The van der Waals surface area contributed by atoms with E-state index < -0.39 is 5.92 Å². The number of nitriles is 1. The van der Waals surface area contributed by atoms with Crippen molar-refractivity contribution in [2.45, 2.75) is 45.4 Å². The fourth-order valence-electron chi connectivity index (χ4n) is 3.79. The molecule has 0 spiro atoms. The molecule has 8 nitrogen and oxygen atoms in total. The van der Waals surface area contributed by atoms with Gasteiger partial charge in [-0.1, -0.05) is 25.5 Å². The molecule has 31 heavy (non-hydrogen) atoms. The van der Waals surface area contributed by atoms with Crippen molar-refractivity contribution in [2.24, 2.45) is 5.92 Å². The third-order valence-corrected chi connectivity index (χ3v) is 5.41. The molecule has 3 rings (SSSR count). The number of hydrogen-bond donors (Lipinski definition) is 1. The number of nitrogens with one attached hydrogen (secondary N) is 1. The number of aromatic nitrogens is 2. The van der Waals surface area contributed by atoms with Gasteiger partial charge in [-0.05, 0) is 38.3 Å². The van der Waals surface area contributed by atoms with Crippen LogP contribution in [0.3, 0.4) is 0 Å². The van der Waals surface area contributed by atoms with Gasteiger partial charge in [0.25, 0.3) is 0 Å². The third kappa shape index (κ3) is 5.29. The zero-order valence-corrected chi connectivity index (χ0v) is 18.1. The first kappa shape index (κ1) is 22.5. The minimum absolute atomic E-state index is 0.225. The minimum atomic E-state index is -1.08. The number of piperidine rings is 1. The van der Waals surface area contributed by atoms with Crippen molar-refractivity contribution in [3.63, 3.8) is 0 Å². The Morgan fingerprint density at radius 2 is 2.03 bits per heavy atom. The fourth-order valence-corrected chi connectivity index (χ4v) is 3.79. The number of unbranched alkanes of at least 4 members (excludes halogenated alkanes) is 1. The van der Waals surface area contributed by atoms with Gasteiger partial charge in [0.1, 0.15) is 5.69 Å². The molecule has 2 atom stereocenters. The number of benzene rings is 1. The average Bonchev–Trinajstić information content (AvgIpc) is 2.79. The molecule has 1 saturated heterocycles. The summed E-state index contributed by atoms with van der Waals surface area (Å²) in [6.07, 6.45) is 3.32. The van der Waals surface area contributed by atoms with Crippen LogP contribution in [-0.4, -0.2) is 48.1 Å². The van der Waals surface area contributed by atoms with Crippen molar-refractivity contribution in [3.8, 4) is 6.07 Å². The summed E-state index contributed by atoms with van der Waals surface area (Å²) in [6, 6.07) is 9.50. The molecule has 1 aliphatic heterocycles. The number of amides is 1. The predicted molar refractivity (Wildman–Crippen MR) is 117 cm³/mol. The van der Waals surface area contributed by atoms with Gasteiger partial charge < -0.3 is 15.0 Å². The number of carbonyl (C=O) groups is 2. The van der Waals surface area contributed by atoms with Crippen molar-refractivity contribution in [1.29, 1.82) is 5.26 Å². The Kier molecular flexibility index (Phi) is 7.76. The normalized spacial score (nSPS) is 17.1. The van der Waals surface area contributed by atoms with Crippen LogP contribution in [0.25, 0.3) is 11.0 Å². The second-order valence-electron chi connectivity index (χ2n) is 7.67. The summed E-state index contributed by atoms with van der Waals surface area (Å²) in [5.41, 5.74) is 1.64. The largest absolute Gasteiger partial charge is 0.466 e. The quantitative estimate of drug-likeness (QED) is 0.514. The number of ether oxygens (including phenoxy) is 1. The Labute approximate surface area is 182 Å². The highest BCUT2D eigenvalue weighted by atomic mass is 16.5. The Morgan fingerprint density at radius 1 is 1.29 bits per heavy atom. The van der Waals surface area contributed by atoms with Crippen molar-refractivity contribution >= 4 is 28.7 Å². The molecule has 1 fully saturated rings. The van der Waals surface area contributed by atoms with E-state index in [1.54, 1.807) is 6.92 Å². The second-order valence-corrected chi connectivity index (χ2v) is 7.67. The van der Waals surface area contributed by atoms with E-state index in [0.29, 0.717) is 48.8 Å². The summed E-state index contributed by atoms with van der Waals surface area (Å²) < 4.78 is 5.21. The van der Waals surface area contributed by atoms with Crippen LogP contribution in [0.5, 0.6) is 0 Å². The topological polar surface area (TPSA) is 108 Å². The zero-order valence-electron chi connectivity index (χ0n) is 18.1. The molecule has 1 N–H and O–H groups in total. The van der Waals surface area contributed by atoms with Crippen LogP contribution in [-0.2, 0) is 14.3 Å². The molecule has 2 heterocycles. The number of esters is 1. The molecule has 8 heteroatoms. The van der Waals surface area contributed by atoms with Gasteiger partial charge in [-0.25, -0.2) is 9.97 Å². The maximum absolute atomic E-state index is 12.8. The summed E-state index contributed by atoms with van der Waals surface area (Å²) in [5.74, 6) is -1.46. The Morgan fingerprint density at radius 3 is 2.71 bits per heavy atom. The molecule has 1 aliphatic rings. The highest BCUT2D eigenvalue weighted by Gasteiger charge is 2.33. The number of anilines is 1. The summed E-state index contributed by atoms with van der Waals surface area (Å²) in [6.45, 7) is 5.78. The van der Waals surface area contributed by atoms with Crippen molar-refractivity contribution < 1.29 is 14.3 Å². The first-order chi connectivity index (χ1) is 15.1. The van der Waals surface area contributed by atoms with E-state index in [2.05, 4.69) is 16.4 Å². The lowest BCUT2D eigenvalue weighted by molar-refractivity contribution is -0.148. The van der Waals surface area contributed by atoms with Crippen LogP contribution in [0.4, 0.5) is 5.82 Å². The molecule has 1 aromatic heterocycles. The van der Waals surface area contributed by atoms with Gasteiger partial charge in [0.2, 0.25) is 5.91 Å². The molecular weight excluding hydrogens is 394 g/mol. The molecule has 0 saturated carbocycles. The molecule has 1 amide bonds. The summed E-state index contributed by atoms with van der Waals surface area (Å²) in [7, 11) is 0. The lowest BCUT2D eigenvalue weighted by Gasteiger charge is -2.33. The Hall–Kier alpha value is -3.21. The van der Waals surface area contributed by atoms with Crippen LogP contribution in [0.2, 0.25) is 0 Å². The molecular formula is C23H29N5O3. The lowest BCUT2D eigenvalue weighted by atomic mass is 9.97. The van der Waals surface area contributed by atoms with Gasteiger partial charge >= 0.3 is 5.97 Å². The number of nitrogens with zero attached hydrogens (tertiary/aromatic N) is 4. The van der Waals surface area contributed by atoms with Gasteiger partial charge in [-0.15, -0.1) is 0 Å². The maximum atomic E-state index is 12.8. The lowest BCUT2D eigenvalue weighted by Crippen LogP contribution is -2.41. The summed E-state index contributed by atoms with van der Waals surface area (Å²) in [4.78, 5) is 36.5. The Balaban J connectivity index is 1.98. The number of para-hydroxylation sites is 2.